The predicted octanol–water partition coefficient (Wildman–Crippen LogP) is 3.64. The van der Waals surface area contributed by atoms with Crippen molar-refractivity contribution < 1.29 is 9.21 Å². The van der Waals surface area contributed by atoms with Crippen LogP contribution in [0.15, 0.2) is 69.9 Å². The first-order chi connectivity index (χ1) is 12.2. The number of amides is 1. The van der Waals surface area contributed by atoms with Gasteiger partial charge in [0.1, 0.15) is 11.1 Å². The summed E-state index contributed by atoms with van der Waals surface area (Å²) in [6.45, 7) is 0.530. The Bertz CT molecular complexity index is 971. The summed E-state index contributed by atoms with van der Waals surface area (Å²) in [5.74, 6) is -0.373. The van der Waals surface area contributed by atoms with E-state index >= 15 is 0 Å². The van der Waals surface area contributed by atoms with Gasteiger partial charge >= 0.3 is 5.63 Å². The highest BCUT2D eigenvalue weighted by Gasteiger charge is 2.38. The third-order valence-corrected chi connectivity index (χ3v) is 5.17. The maximum absolute atomic E-state index is 12.6. The summed E-state index contributed by atoms with van der Waals surface area (Å²) >= 11 is 0. The molecule has 0 saturated heterocycles. The van der Waals surface area contributed by atoms with E-state index in [2.05, 4.69) is 17.4 Å². The Morgan fingerprint density at radius 2 is 1.76 bits per heavy atom. The SMILES string of the molecule is O=C(NCC1(c2ccccc2)CCC1)c1cc2ccccc2oc1=O. The molecule has 0 radical (unpaired) electrons. The lowest BCUT2D eigenvalue weighted by Gasteiger charge is -2.42. The molecule has 0 unspecified atom stereocenters. The molecule has 0 atom stereocenters. The van der Waals surface area contributed by atoms with Crippen molar-refractivity contribution >= 4 is 16.9 Å². The fraction of sp³-hybridized carbons (Fsp3) is 0.238. The van der Waals surface area contributed by atoms with Crippen LogP contribution in [-0.4, -0.2) is 12.5 Å². The zero-order valence-corrected chi connectivity index (χ0v) is 13.8. The molecule has 2 aromatic carbocycles. The van der Waals surface area contributed by atoms with Crippen LogP contribution in [0.4, 0.5) is 0 Å². The van der Waals surface area contributed by atoms with Gasteiger partial charge in [-0.05, 0) is 30.5 Å². The minimum atomic E-state index is -0.599. The number of nitrogens with one attached hydrogen (secondary N) is 1. The Balaban J connectivity index is 1.56. The van der Waals surface area contributed by atoms with Gasteiger partial charge in [0.05, 0.1) is 0 Å². The molecule has 25 heavy (non-hydrogen) atoms. The van der Waals surface area contributed by atoms with Crippen molar-refractivity contribution in [1.82, 2.24) is 5.32 Å². The van der Waals surface area contributed by atoms with Crippen LogP contribution in [0.3, 0.4) is 0 Å². The van der Waals surface area contributed by atoms with Crippen molar-refractivity contribution in [3.05, 3.63) is 82.2 Å². The molecule has 0 spiro atoms. The molecule has 0 bridgehead atoms. The average Bonchev–Trinajstić information content (AvgIpc) is 2.61. The molecule has 1 fully saturated rings. The predicted molar refractivity (Wildman–Crippen MR) is 96.8 cm³/mol. The molecule has 1 amide bonds. The summed E-state index contributed by atoms with van der Waals surface area (Å²) < 4.78 is 5.25. The molecular formula is C21H19NO3. The van der Waals surface area contributed by atoms with Gasteiger partial charge in [-0.25, -0.2) is 4.79 Å². The highest BCUT2D eigenvalue weighted by Crippen LogP contribution is 2.43. The van der Waals surface area contributed by atoms with Crippen LogP contribution in [0.1, 0.15) is 35.2 Å². The first kappa shape index (κ1) is 15.6. The third kappa shape index (κ3) is 2.84. The van der Waals surface area contributed by atoms with E-state index in [4.69, 9.17) is 4.42 Å². The van der Waals surface area contributed by atoms with Crippen molar-refractivity contribution in [2.75, 3.05) is 6.54 Å². The maximum atomic E-state index is 12.6. The summed E-state index contributed by atoms with van der Waals surface area (Å²) in [5, 5.41) is 3.69. The number of carbonyl (C=O) groups is 1. The Hall–Kier alpha value is -2.88. The molecule has 1 aromatic heterocycles. The molecule has 4 heteroatoms. The van der Waals surface area contributed by atoms with Gasteiger partial charge in [-0.1, -0.05) is 55.0 Å². The third-order valence-electron chi connectivity index (χ3n) is 5.17. The molecule has 0 aliphatic heterocycles. The largest absolute Gasteiger partial charge is 0.422 e. The van der Waals surface area contributed by atoms with E-state index in [1.54, 1.807) is 18.2 Å². The second kappa shape index (κ2) is 6.20. The molecule has 1 N–H and O–H groups in total. The number of fused-ring (bicyclic) bond motifs is 1. The van der Waals surface area contributed by atoms with E-state index in [1.165, 1.54) is 5.56 Å². The van der Waals surface area contributed by atoms with Crippen molar-refractivity contribution in [2.45, 2.75) is 24.7 Å². The minimum absolute atomic E-state index is 0.0199. The van der Waals surface area contributed by atoms with Crippen molar-refractivity contribution in [1.29, 1.82) is 0 Å². The van der Waals surface area contributed by atoms with E-state index < -0.39 is 5.63 Å². The van der Waals surface area contributed by atoms with E-state index in [1.807, 2.05) is 30.3 Å². The topological polar surface area (TPSA) is 59.3 Å². The molecule has 4 nitrogen and oxygen atoms in total. The standard InChI is InChI=1S/C21H19NO3/c23-19(17-13-15-7-4-5-10-18(15)25-20(17)24)22-14-21(11-6-12-21)16-8-2-1-3-9-16/h1-5,7-10,13H,6,11-12,14H2,(H,22,23). The first-order valence-corrected chi connectivity index (χ1v) is 8.55. The van der Waals surface area contributed by atoms with Gasteiger partial charge in [0.25, 0.3) is 5.91 Å². The highest BCUT2D eigenvalue weighted by atomic mass is 16.4. The van der Waals surface area contributed by atoms with Crippen LogP contribution in [0, 0.1) is 0 Å². The number of hydrogen-bond acceptors (Lipinski definition) is 3. The lowest BCUT2D eigenvalue weighted by molar-refractivity contribution is 0.0924. The fourth-order valence-corrected chi connectivity index (χ4v) is 3.53. The molecule has 126 valence electrons. The second-order valence-electron chi connectivity index (χ2n) is 6.67. The first-order valence-electron chi connectivity index (χ1n) is 8.55. The van der Waals surface area contributed by atoms with Crippen LogP contribution in [0.25, 0.3) is 11.0 Å². The quantitative estimate of drug-likeness (QED) is 0.742. The van der Waals surface area contributed by atoms with Crippen molar-refractivity contribution in [2.24, 2.45) is 0 Å². The van der Waals surface area contributed by atoms with E-state index in [9.17, 15) is 9.59 Å². The molecule has 1 aliphatic carbocycles. The molecule has 4 rings (SSSR count). The van der Waals surface area contributed by atoms with Crippen LogP contribution in [0.2, 0.25) is 0 Å². The van der Waals surface area contributed by atoms with Gasteiger partial charge in [0.2, 0.25) is 0 Å². The van der Waals surface area contributed by atoms with Gasteiger partial charge in [0, 0.05) is 17.3 Å². The second-order valence-corrected chi connectivity index (χ2v) is 6.67. The number of hydrogen-bond donors (Lipinski definition) is 1. The number of benzene rings is 2. The van der Waals surface area contributed by atoms with E-state index in [0.29, 0.717) is 12.1 Å². The van der Waals surface area contributed by atoms with Crippen molar-refractivity contribution in [3.8, 4) is 0 Å². The summed E-state index contributed by atoms with van der Waals surface area (Å²) in [5.41, 5.74) is 1.17. The van der Waals surface area contributed by atoms with Gasteiger partial charge < -0.3 is 9.73 Å². The van der Waals surface area contributed by atoms with Gasteiger partial charge in [-0.15, -0.1) is 0 Å². The van der Waals surface area contributed by atoms with Crippen LogP contribution >= 0.6 is 0 Å². The highest BCUT2D eigenvalue weighted by molar-refractivity contribution is 5.96. The molecule has 1 heterocycles. The van der Waals surface area contributed by atoms with Crippen LogP contribution < -0.4 is 10.9 Å². The monoisotopic (exact) mass is 333 g/mol. The Kier molecular flexibility index (Phi) is 3.88. The summed E-state index contributed by atoms with van der Waals surface area (Å²) in [6, 6.07) is 19.1. The zero-order valence-electron chi connectivity index (χ0n) is 13.8. The zero-order chi connectivity index (χ0) is 17.3. The molecule has 1 aliphatic rings. The smallest absolute Gasteiger partial charge is 0.349 e. The lowest BCUT2D eigenvalue weighted by atomic mass is 9.64. The van der Waals surface area contributed by atoms with Crippen LogP contribution in [-0.2, 0) is 5.41 Å². The average molecular weight is 333 g/mol. The Morgan fingerprint density at radius 1 is 1.04 bits per heavy atom. The summed E-state index contributed by atoms with van der Waals surface area (Å²) in [4.78, 5) is 24.7. The van der Waals surface area contributed by atoms with Crippen LogP contribution in [0.5, 0.6) is 0 Å². The fourth-order valence-electron chi connectivity index (χ4n) is 3.53. The molecular weight excluding hydrogens is 314 g/mol. The number of para-hydroxylation sites is 1. The van der Waals surface area contributed by atoms with Gasteiger partial charge in [-0.3, -0.25) is 4.79 Å². The van der Waals surface area contributed by atoms with Gasteiger partial charge in [-0.2, -0.15) is 0 Å². The maximum Gasteiger partial charge on any atom is 0.349 e. The molecule has 1 saturated carbocycles. The van der Waals surface area contributed by atoms with E-state index in [0.717, 1.165) is 24.6 Å². The minimum Gasteiger partial charge on any atom is -0.422 e. The number of rotatable bonds is 4. The summed E-state index contributed by atoms with van der Waals surface area (Å²) in [7, 11) is 0. The van der Waals surface area contributed by atoms with Crippen molar-refractivity contribution in [3.63, 3.8) is 0 Å². The lowest BCUT2D eigenvalue weighted by Crippen LogP contribution is -2.46. The van der Waals surface area contributed by atoms with Gasteiger partial charge in [0.15, 0.2) is 0 Å². The Morgan fingerprint density at radius 3 is 2.48 bits per heavy atom. The number of carbonyl (C=O) groups excluding carboxylic acids is 1. The molecule has 3 aromatic rings. The summed E-state index contributed by atoms with van der Waals surface area (Å²) in [6.07, 6.45) is 3.25. The van der Waals surface area contributed by atoms with E-state index in [-0.39, 0.29) is 16.9 Å². The Labute approximate surface area is 145 Å². The normalized spacial score (nSPS) is 15.5.